The fourth-order valence-electron chi connectivity index (χ4n) is 2.23. The molecule has 0 aliphatic rings. The molecule has 0 saturated heterocycles. The number of amides is 2. The van der Waals surface area contributed by atoms with Crippen LogP contribution in [0.2, 0.25) is 0 Å². The van der Waals surface area contributed by atoms with E-state index < -0.39 is 0 Å². The topological polar surface area (TPSA) is 61.4 Å². The van der Waals surface area contributed by atoms with Crippen molar-refractivity contribution in [1.29, 1.82) is 0 Å². The molecule has 0 saturated carbocycles. The van der Waals surface area contributed by atoms with Crippen molar-refractivity contribution in [3.8, 4) is 0 Å². The molecule has 0 radical (unpaired) electrons. The number of nitrogens with zero attached hydrogens (tertiary/aromatic N) is 1. The van der Waals surface area contributed by atoms with Crippen LogP contribution in [0.4, 0.5) is 17.1 Å². The number of para-hydroxylation sites is 1. The first-order chi connectivity index (χ1) is 11.0. The Bertz CT molecular complexity index is 668. The van der Waals surface area contributed by atoms with Crippen molar-refractivity contribution in [1.82, 2.24) is 0 Å². The van der Waals surface area contributed by atoms with Crippen molar-refractivity contribution in [3.05, 3.63) is 54.6 Å². The zero-order valence-corrected chi connectivity index (χ0v) is 13.5. The van der Waals surface area contributed by atoms with Gasteiger partial charge in [0.1, 0.15) is 6.04 Å². The molecule has 5 heteroatoms. The van der Waals surface area contributed by atoms with E-state index in [2.05, 4.69) is 10.6 Å². The Kier molecular flexibility index (Phi) is 5.36. The van der Waals surface area contributed by atoms with Gasteiger partial charge in [-0.25, -0.2) is 0 Å². The standard InChI is InChI=1S/C18H21N3O2/c1-13(18(23)21(3)17-7-5-4-6-8-17)19-15-9-11-16(12-10-15)20-14(2)22/h4-13,19H,1-3H3,(H,20,22)/t13-/m0/s1. The third kappa shape index (κ3) is 4.57. The molecule has 0 aliphatic carbocycles. The number of nitrogens with one attached hydrogen (secondary N) is 2. The van der Waals surface area contributed by atoms with Crippen LogP contribution in [0, 0.1) is 0 Å². The van der Waals surface area contributed by atoms with E-state index in [4.69, 9.17) is 0 Å². The van der Waals surface area contributed by atoms with Gasteiger partial charge in [0.05, 0.1) is 0 Å². The minimum atomic E-state index is -0.369. The maximum Gasteiger partial charge on any atom is 0.248 e. The molecule has 0 heterocycles. The average Bonchev–Trinajstić information content (AvgIpc) is 2.55. The van der Waals surface area contributed by atoms with E-state index in [1.807, 2.05) is 49.4 Å². The van der Waals surface area contributed by atoms with Crippen LogP contribution in [-0.2, 0) is 9.59 Å². The molecule has 2 aromatic rings. The summed E-state index contributed by atoms with van der Waals surface area (Å²) in [6.45, 7) is 3.29. The van der Waals surface area contributed by atoms with Crippen molar-refractivity contribution >= 4 is 28.9 Å². The van der Waals surface area contributed by atoms with Crippen LogP contribution in [0.15, 0.2) is 54.6 Å². The van der Waals surface area contributed by atoms with Crippen LogP contribution >= 0.6 is 0 Å². The normalized spacial score (nSPS) is 11.4. The number of carbonyl (C=O) groups excluding carboxylic acids is 2. The van der Waals surface area contributed by atoms with Gasteiger partial charge in [-0.15, -0.1) is 0 Å². The third-order valence-corrected chi connectivity index (χ3v) is 3.43. The first-order valence-corrected chi connectivity index (χ1v) is 7.44. The fraction of sp³-hybridized carbons (Fsp3) is 0.222. The van der Waals surface area contributed by atoms with Gasteiger partial charge in [0.2, 0.25) is 11.8 Å². The van der Waals surface area contributed by atoms with Gasteiger partial charge in [0, 0.05) is 31.0 Å². The highest BCUT2D eigenvalue weighted by molar-refractivity contribution is 5.98. The van der Waals surface area contributed by atoms with Gasteiger partial charge in [-0.3, -0.25) is 9.59 Å². The van der Waals surface area contributed by atoms with E-state index in [0.29, 0.717) is 0 Å². The summed E-state index contributed by atoms with van der Waals surface area (Å²) in [5, 5.41) is 5.87. The van der Waals surface area contributed by atoms with Crippen molar-refractivity contribution in [2.24, 2.45) is 0 Å². The number of likely N-dealkylation sites (N-methyl/N-ethyl adjacent to an activating group) is 1. The van der Waals surface area contributed by atoms with E-state index in [-0.39, 0.29) is 17.9 Å². The average molecular weight is 311 g/mol. The molecule has 2 rings (SSSR count). The van der Waals surface area contributed by atoms with Crippen LogP contribution in [0.5, 0.6) is 0 Å². The maximum absolute atomic E-state index is 12.5. The number of hydrogen-bond acceptors (Lipinski definition) is 3. The Morgan fingerprint density at radius 3 is 2.09 bits per heavy atom. The highest BCUT2D eigenvalue weighted by Gasteiger charge is 2.18. The first kappa shape index (κ1) is 16.5. The van der Waals surface area contributed by atoms with Gasteiger partial charge >= 0.3 is 0 Å². The van der Waals surface area contributed by atoms with Crippen LogP contribution < -0.4 is 15.5 Å². The number of rotatable bonds is 5. The maximum atomic E-state index is 12.5. The molecule has 2 amide bonds. The molecule has 5 nitrogen and oxygen atoms in total. The van der Waals surface area contributed by atoms with Crippen LogP contribution in [-0.4, -0.2) is 24.9 Å². The molecule has 0 fully saturated rings. The van der Waals surface area contributed by atoms with Crippen molar-refractivity contribution in [2.75, 3.05) is 22.6 Å². The second-order valence-electron chi connectivity index (χ2n) is 5.36. The summed E-state index contributed by atoms with van der Waals surface area (Å²) >= 11 is 0. The second kappa shape index (κ2) is 7.45. The van der Waals surface area contributed by atoms with E-state index in [1.54, 1.807) is 24.1 Å². The smallest absolute Gasteiger partial charge is 0.248 e. The molecule has 120 valence electrons. The fourth-order valence-corrected chi connectivity index (χ4v) is 2.23. The summed E-state index contributed by atoms with van der Waals surface area (Å²) in [6.07, 6.45) is 0. The van der Waals surface area contributed by atoms with Crippen LogP contribution in [0.3, 0.4) is 0 Å². The van der Waals surface area contributed by atoms with Gasteiger partial charge in [-0.05, 0) is 43.3 Å². The molecule has 0 bridgehead atoms. The quantitative estimate of drug-likeness (QED) is 0.892. The van der Waals surface area contributed by atoms with E-state index in [0.717, 1.165) is 17.1 Å². The number of carbonyl (C=O) groups is 2. The van der Waals surface area contributed by atoms with Gasteiger partial charge in [0.15, 0.2) is 0 Å². The zero-order valence-electron chi connectivity index (χ0n) is 13.5. The Balaban J connectivity index is 1.99. The SMILES string of the molecule is CC(=O)Nc1ccc(N[C@@H](C)C(=O)N(C)c2ccccc2)cc1. The largest absolute Gasteiger partial charge is 0.374 e. The summed E-state index contributed by atoms with van der Waals surface area (Å²) < 4.78 is 0. The van der Waals surface area contributed by atoms with Crippen LogP contribution in [0.1, 0.15) is 13.8 Å². The van der Waals surface area contributed by atoms with Gasteiger partial charge < -0.3 is 15.5 Å². The molecular formula is C18H21N3O2. The Labute approximate surface area is 136 Å². The summed E-state index contributed by atoms with van der Waals surface area (Å²) in [5.41, 5.74) is 2.40. The molecule has 0 aromatic heterocycles. The molecule has 1 atom stereocenters. The summed E-state index contributed by atoms with van der Waals surface area (Å²) in [5.74, 6) is -0.138. The molecule has 0 unspecified atom stereocenters. The van der Waals surface area contributed by atoms with Crippen LogP contribution in [0.25, 0.3) is 0 Å². The predicted molar refractivity (Wildman–Crippen MR) is 93.7 cm³/mol. The van der Waals surface area contributed by atoms with E-state index >= 15 is 0 Å². The minimum absolute atomic E-state index is 0.0258. The zero-order chi connectivity index (χ0) is 16.8. The Morgan fingerprint density at radius 2 is 1.52 bits per heavy atom. The summed E-state index contributed by atoms with van der Waals surface area (Å²) in [7, 11) is 1.76. The molecule has 2 aromatic carbocycles. The van der Waals surface area contributed by atoms with Crippen molar-refractivity contribution in [3.63, 3.8) is 0 Å². The van der Waals surface area contributed by atoms with Gasteiger partial charge in [-0.2, -0.15) is 0 Å². The lowest BCUT2D eigenvalue weighted by atomic mass is 10.2. The van der Waals surface area contributed by atoms with Gasteiger partial charge in [-0.1, -0.05) is 18.2 Å². The van der Waals surface area contributed by atoms with Gasteiger partial charge in [0.25, 0.3) is 0 Å². The summed E-state index contributed by atoms with van der Waals surface area (Å²) in [6, 6.07) is 16.4. The highest BCUT2D eigenvalue weighted by atomic mass is 16.2. The second-order valence-corrected chi connectivity index (χ2v) is 5.36. The summed E-state index contributed by atoms with van der Waals surface area (Å²) in [4.78, 5) is 25.1. The highest BCUT2D eigenvalue weighted by Crippen LogP contribution is 2.17. The van der Waals surface area contributed by atoms with Crippen molar-refractivity contribution in [2.45, 2.75) is 19.9 Å². The predicted octanol–water partition coefficient (Wildman–Crippen LogP) is 3.11. The lowest BCUT2D eigenvalue weighted by molar-refractivity contribution is -0.118. The molecule has 2 N–H and O–H groups in total. The Morgan fingerprint density at radius 1 is 0.957 bits per heavy atom. The molecule has 0 spiro atoms. The monoisotopic (exact) mass is 311 g/mol. The molecule has 0 aliphatic heterocycles. The molecular weight excluding hydrogens is 290 g/mol. The first-order valence-electron chi connectivity index (χ1n) is 7.44. The number of anilines is 3. The lowest BCUT2D eigenvalue weighted by Gasteiger charge is -2.23. The molecule has 23 heavy (non-hydrogen) atoms. The number of benzene rings is 2. The Hall–Kier alpha value is -2.82. The third-order valence-electron chi connectivity index (χ3n) is 3.43. The number of hydrogen-bond donors (Lipinski definition) is 2. The lowest BCUT2D eigenvalue weighted by Crippen LogP contribution is -2.39. The van der Waals surface area contributed by atoms with E-state index in [1.165, 1.54) is 6.92 Å². The van der Waals surface area contributed by atoms with E-state index in [9.17, 15) is 9.59 Å². The van der Waals surface area contributed by atoms with Crippen molar-refractivity contribution < 1.29 is 9.59 Å². The minimum Gasteiger partial charge on any atom is -0.374 e.